The number of pyridine rings is 1. The Morgan fingerprint density at radius 2 is 2.04 bits per heavy atom. The molecule has 0 saturated carbocycles. The van der Waals surface area contributed by atoms with Gasteiger partial charge >= 0.3 is 0 Å². The number of unbranched alkanes of at least 4 members (excludes halogenated alkanes) is 3. The maximum absolute atomic E-state index is 4.71. The second kappa shape index (κ2) is 8.46. The molecule has 25 heavy (non-hydrogen) atoms. The molecule has 0 fully saturated rings. The van der Waals surface area contributed by atoms with Gasteiger partial charge in [0.1, 0.15) is 11.6 Å². The van der Waals surface area contributed by atoms with Gasteiger partial charge < -0.3 is 10.6 Å². The van der Waals surface area contributed by atoms with Crippen molar-refractivity contribution in [3.8, 4) is 0 Å². The molecule has 0 aliphatic carbocycles. The lowest BCUT2D eigenvalue weighted by Crippen LogP contribution is -2.09. The standard InChI is InChI=1S/C19H26N6/c1-3-4-5-6-10-21-17-11-18(22-14-16-8-7-9-20-13-16)25-19(24-17)15(2)12-23-25/h7-9,11-13,22H,3-6,10,14H2,1-2H3,(H,21,24). The summed E-state index contributed by atoms with van der Waals surface area (Å²) in [4.78, 5) is 8.86. The number of hydrogen-bond donors (Lipinski definition) is 2. The summed E-state index contributed by atoms with van der Waals surface area (Å²) in [5, 5.41) is 11.3. The fraction of sp³-hybridized carbons (Fsp3) is 0.421. The van der Waals surface area contributed by atoms with E-state index in [2.05, 4.69) is 33.7 Å². The van der Waals surface area contributed by atoms with Crippen molar-refractivity contribution in [3.63, 3.8) is 0 Å². The fourth-order valence-electron chi connectivity index (χ4n) is 2.75. The van der Waals surface area contributed by atoms with Crippen molar-refractivity contribution in [2.24, 2.45) is 0 Å². The topological polar surface area (TPSA) is 67.1 Å². The molecule has 6 nitrogen and oxygen atoms in total. The van der Waals surface area contributed by atoms with Gasteiger partial charge in [-0.05, 0) is 25.0 Å². The van der Waals surface area contributed by atoms with E-state index in [0.717, 1.165) is 41.4 Å². The van der Waals surface area contributed by atoms with E-state index in [0.29, 0.717) is 6.54 Å². The summed E-state index contributed by atoms with van der Waals surface area (Å²) in [6.45, 7) is 5.90. The predicted octanol–water partition coefficient (Wildman–Crippen LogP) is 4.04. The van der Waals surface area contributed by atoms with Gasteiger partial charge in [0.05, 0.1) is 6.20 Å². The van der Waals surface area contributed by atoms with E-state index in [4.69, 9.17) is 4.98 Å². The van der Waals surface area contributed by atoms with Crippen LogP contribution in [0.5, 0.6) is 0 Å². The number of fused-ring (bicyclic) bond motifs is 1. The number of nitrogens with one attached hydrogen (secondary N) is 2. The molecule has 0 radical (unpaired) electrons. The van der Waals surface area contributed by atoms with Crippen LogP contribution in [-0.2, 0) is 6.54 Å². The molecule has 6 heteroatoms. The quantitative estimate of drug-likeness (QED) is 0.576. The van der Waals surface area contributed by atoms with E-state index in [1.807, 2.05) is 36.0 Å². The summed E-state index contributed by atoms with van der Waals surface area (Å²) in [5.74, 6) is 1.82. The highest BCUT2D eigenvalue weighted by atomic mass is 15.3. The molecule has 3 heterocycles. The Hall–Kier alpha value is -2.63. The van der Waals surface area contributed by atoms with Gasteiger partial charge in [-0.1, -0.05) is 32.3 Å². The van der Waals surface area contributed by atoms with Gasteiger partial charge in [0.2, 0.25) is 0 Å². The molecule has 0 atom stereocenters. The van der Waals surface area contributed by atoms with Crippen LogP contribution in [-0.4, -0.2) is 26.1 Å². The Balaban J connectivity index is 1.73. The van der Waals surface area contributed by atoms with Gasteiger partial charge in [-0.25, -0.2) is 4.98 Å². The van der Waals surface area contributed by atoms with Crippen LogP contribution in [0.2, 0.25) is 0 Å². The summed E-state index contributed by atoms with van der Waals surface area (Å²) in [5.41, 5.74) is 3.08. The van der Waals surface area contributed by atoms with Crippen LogP contribution in [0.25, 0.3) is 5.65 Å². The predicted molar refractivity (Wildman–Crippen MR) is 102 cm³/mol. The maximum atomic E-state index is 4.71. The monoisotopic (exact) mass is 338 g/mol. The summed E-state index contributed by atoms with van der Waals surface area (Å²) in [6.07, 6.45) is 10.5. The van der Waals surface area contributed by atoms with E-state index in [1.165, 1.54) is 19.3 Å². The fourth-order valence-corrected chi connectivity index (χ4v) is 2.75. The highest BCUT2D eigenvalue weighted by molar-refractivity contribution is 5.59. The molecule has 0 unspecified atom stereocenters. The lowest BCUT2D eigenvalue weighted by Gasteiger charge is -2.12. The summed E-state index contributed by atoms with van der Waals surface area (Å²) in [6, 6.07) is 6.02. The number of aryl methyl sites for hydroxylation is 1. The molecule has 2 N–H and O–H groups in total. The van der Waals surface area contributed by atoms with Crippen LogP contribution >= 0.6 is 0 Å². The first kappa shape index (κ1) is 17.2. The maximum Gasteiger partial charge on any atom is 0.162 e. The zero-order chi connectivity index (χ0) is 17.5. The third-order valence-corrected chi connectivity index (χ3v) is 4.18. The molecule has 3 aromatic heterocycles. The Labute approximate surface area is 148 Å². The van der Waals surface area contributed by atoms with Crippen molar-refractivity contribution in [3.05, 3.63) is 47.9 Å². The first-order valence-electron chi connectivity index (χ1n) is 9.00. The van der Waals surface area contributed by atoms with E-state index in [1.54, 1.807) is 6.20 Å². The van der Waals surface area contributed by atoms with Gasteiger partial charge in [-0.2, -0.15) is 9.61 Å². The molecule has 0 aromatic carbocycles. The Morgan fingerprint density at radius 3 is 2.84 bits per heavy atom. The molecular formula is C19H26N6. The molecule has 3 rings (SSSR count). The number of rotatable bonds is 9. The summed E-state index contributed by atoms with van der Waals surface area (Å²) in [7, 11) is 0. The first-order chi connectivity index (χ1) is 12.3. The second-order valence-corrected chi connectivity index (χ2v) is 6.29. The van der Waals surface area contributed by atoms with Gasteiger partial charge in [-0.15, -0.1) is 0 Å². The molecule has 0 saturated heterocycles. The van der Waals surface area contributed by atoms with Gasteiger partial charge in [0.25, 0.3) is 0 Å². The minimum absolute atomic E-state index is 0.696. The average Bonchev–Trinajstić information content (AvgIpc) is 3.02. The minimum Gasteiger partial charge on any atom is -0.370 e. The highest BCUT2D eigenvalue weighted by Crippen LogP contribution is 2.19. The van der Waals surface area contributed by atoms with Crippen LogP contribution in [0.4, 0.5) is 11.6 Å². The minimum atomic E-state index is 0.696. The van der Waals surface area contributed by atoms with E-state index >= 15 is 0 Å². The summed E-state index contributed by atoms with van der Waals surface area (Å²) < 4.78 is 1.86. The molecule has 0 bridgehead atoms. The molecule has 0 aliphatic heterocycles. The molecule has 0 spiro atoms. The number of anilines is 2. The SMILES string of the molecule is CCCCCCNc1cc(NCc2cccnc2)n2ncc(C)c2n1. The van der Waals surface area contributed by atoms with Gasteiger partial charge in [0.15, 0.2) is 5.65 Å². The number of aromatic nitrogens is 4. The van der Waals surface area contributed by atoms with Crippen molar-refractivity contribution in [1.82, 2.24) is 19.6 Å². The third kappa shape index (κ3) is 4.47. The van der Waals surface area contributed by atoms with Crippen molar-refractivity contribution >= 4 is 17.3 Å². The normalized spacial score (nSPS) is 11.0. The van der Waals surface area contributed by atoms with Crippen molar-refractivity contribution in [2.75, 3.05) is 17.2 Å². The van der Waals surface area contributed by atoms with E-state index in [-0.39, 0.29) is 0 Å². The molecule has 132 valence electrons. The zero-order valence-corrected chi connectivity index (χ0v) is 15.0. The Kier molecular flexibility index (Phi) is 5.82. The van der Waals surface area contributed by atoms with Gasteiger partial charge in [0, 0.05) is 37.1 Å². The van der Waals surface area contributed by atoms with Crippen LogP contribution < -0.4 is 10.6 Å². The number of nitrogens with zero attached hydrogens (tertiary/aromatic N) is 4. The van der Waals surface area contributed by atoms with Crippen molar-refractivity contribution in [1.29, 1.82) is 0 Å². The Morgan fingerprint density at radius 1 is 1.12 bits per heavy atom. The van der Waals surface area contributed by atoms with E-state index in [9.17, 15) is 0 Å². The van der Waals surface area contributed by atoms with Crippen molar-refractivity contribution in [2.45, 2.75) is 46.1 Å². The van der Waals surface area contributed by atoms with Crippen LogP contribution in [0.1, 0.15) is 43.7 Å². The molecular weight excluding hydrogens is 312 g/mol. The average molecular weight is 338 g/mol. The van der Waals surface area contributed by atoms with E-state index < -0.39 is 0 Å². The van der Waals surface area contributed by atoms with Crippen LogP contribution in [0, 0.1) is 6.92 Å². The van der Waals surface area contributed by atoms with Crippen LogP contribution in [0.15, 0.2) is 36.8 Å². The molecule has 0 amide bonds. The molecule has 3 aromatic rings. The Bertz CT molecular complexity index is 796. The van der Waals surface area contributed by atoms with Gasteiger partial charge in [-0.3, -0.25) is 4.98 Å². The molecule has 0 aliphatic rings. The highest BCUT2D eigenvalue weighted by Gasteiger charge is 2.09. The largest absolute Gasteiger partial charge is 0.370 e. The van der Waals surface area contributed by atoms with Crippen LogP contribution in [0.3, 0.4) is 0 Å². The number of hydrogen-bond acceptors (Lipinski definition) is 5. The smallest absolute Gasteiger partial charge is 0.162 e. The van der Waals surface area contributed by atoms with Crippen molar-refractivity contribution < 1.29 is 0 Å². The second-order valence-electron chi connectivity index (χ2n) is 6.29. The summed E-state index contributed by atoms with van der Waals surface area (Å²) >= 11 is 0. The lowest BCUT2D eigenvalue weighted by atomic mass is 10.2. The third-order valence-electron chi connectivity index (χ3n) is 4.18. The zero-order valence-electron chi connectivity index (χ0n) is 15.0. The first-order valence-corrected chi connectivity index (χ1v) is 9.00. The lowest BCUT2D eigenvalue weighted by molar-refractivity contribution is 0.684.